The zero-order valence-electron chi connectivity index (χ0n) is 13.1. The third kappa shape index (κ3) is 2.00. The number of amides is 1. The summed E-state index contributed by atoms with van der Waals surface area (Å²) in [6.07, 6.45) is 0.810. The Balaban J connectivity index is 1.66. The number of fused-ring (bicyclic) bond motifs is 1. The lowest BCUT2D eigenvalue weighted by atomic mass is 9.94. The van der Waals surface area contributed by atoms with Crippen molar-refractivity contribution in [1.82, 2.24) is 9.80 Å². The van der Waals surface area contributed by atoms with Crippen LogP contribution >= 0.6 is 0 Å². The van der Waals surface area contributed by atoms with Crippen LogP contribution in [-0.4, -0.2) is 53.5 Å². The molecule has 3 fully saturated rings. The lowest BCUT2D eigenvalue weighted by Gasteiger charge is -2.55. The van der Waals surface area contributed by atoms with E-state index in [2.05, 4.69) is 17.0 Å². The minimum atomic E-state index is -0.465. The van der Waals surface area contributed by atoms with Crippen molar-refractivity contribution in [3.63, 3.8) is 0 Å². The van der Waals surface area contributed by atoms with Crippen LogP contribution < -0.4 is 0 Å². The Morgan fingerprint density at radius 1 is 1.23 bits per heavy atom. The molecule has 0 aromatic heterocycles. The van der Waals surface area contributed by atoms with E-state index in [0.29, 0.717) is 6.61 Å². The number of carbonyl (C=O) groups excluding carboxylic acids is 1. The molecule has 0 bridgehead atoms. The van der Waals surface area contributed by atoms with E-state index >= 15 is 0 Å². The predicted molar refractivity (Wildman–Crippen MR) is 80.9 cm³/mol. The second kappa shape index (κ2) is 5.05. The lowest BCUT2D eigenvalue weighted by Crippen LogP contribution is -2.74. The van der Waals surface area contributed by atoms with Crippen LogP contribution in [0.2, 0.25) is 0 Å². The Labute approximate surface area is 130 Å². The van der Waals surface area contributed by atoms with Gasteiger partial charge in [0.05, 0.1) is 19.3 Å². The van der Waals surface area contributed by atoms with E-state index in [4.69, 9.17) is 9.47 Å². The van der Waals surface area contributed by atoms with Gasteiger partial charge in [-0.1, -0.05) is 30.3 Å². The lowest BCUT2D eigenvalue weighted by molar-refractivity contribution is -0.227. The summed E-state index contributed by atoms with van der Waals surface area (Å²) in [7, 11) is 0. The zero-order valence-corrected chi connectivity index (χ0v) is 13.1. The fraction of sp³-hybridized carbons (Fsp3) is 0.588. The first kappa shape index (κ1) is 14.2. The smallest absolute Gasteiger partial charge is 0.246 e. The van der Waals surface area contributed by atoms with Gasteiger partial charge in [-0.05, 0) is 25.8 Å². The number of benzene rings is 1. The first-order valence-corrected chi connectivity index (χ1v) is 7.99. The van der Waals surface area contributed by atoms with Crippen LogP contribution in [0.1, 0.15) is 31.9 Å². The molecule has 1 aromatic carbocycles. The van der Waals surface area contributed by atoms with Gasteiger partial charge in [0.15, 0.2) is 6.23 Å². The first-order chi connectivity index (χ1) is 10.6. The van der Waals surface area contributed by atoms with Gasteiger partial charge in [-0.15, -0.1) is 0 Å². The zero-order chi connectivity index (χ0) is 15.3. The van der Waals surface area contributed by atoms with Crippen molar-refractivity contribution in [1.29, 1.82) is 0 Å². The van der Waals surface area contributed by atoms with E-state index in [1.54, 1.807) is 0 Å². The Morgan fingerprint density at radius 3 is 2.77 bits per heavy atom. The molecule has 3 atom stereocenters. The van der Waals surface area contributed by atoms with Crippen LogP contribution in [0.3, 0.4) is 0 Å². The largest absolute Gasteiger partial charge is 0.359 e. The van der Waals surface area contributed by atoms with Crippen molar-refractivity contribution >= 4 is 5.91 Å². The van der Waals surface area contributed by atoms with Crippen LogP contribution in [0.15, 0.2) is 30.3 Å². The van der Waals surface area contributed by atoms with Crippen molar-refractivity contribution in [2.45, 2.75) is 44.3 Å². The van der Waals surface area contributed by atoms with Crippen LogP contribution in [0.5, 0.6) is 0 Å². The summed E-state index contributed by atoms with van der Waals surface area (Å²) in [5.41, 5.74) is 0.725. The molecular formula is C17H22N2O3. The van der Waals surface area contributed by atoms with Crippen molar-refractivity contribution in [3.05, 3.63) is 35.9 Å². The summed E-state index contributed by atoms with van der Waals surface area (Å²) < 4.78 is 11.9. The van der Waals surface area contributed by atoms with Crippen LogP contribution in [-0.2, 0) is 14.3 Å². The van der Waals surface area contributed by atoms with Gasteiger partial charge in [0, 0.05) is 6.54 Å². The molecule has 3 saturated heterocycles. The van der Waals surface area contributed by atoms with E-state index in [0.717, 1.165) is 19.6 Å². The molecule has 0 unspecified atom stereocenters. The highest BCUT2D eigenvalue weighted by Crippen LogP contribution is 2.43. The molecule has 3 heterocycles. The van der Waals surface area contributed by atoms with Gasteiger partial charge in [0.25, 0.3) is 0 Å². The average Bonchev–Trinajstić information content (AvgIpc) is 2.84. The Bertz CT molecular complexity index is 575. The summed E-state index contributed by atoms with van der Waals surface area (Å²) in [5, 5.41) is 0. The maximum absolute atomic E-state index is 12.6. The normalized spacial score (nSPS) is 34.4. The van der Waals surface area contributed by atoms with Gasteiger partial charge in [-0.25, -0.2) is 0 Å². The quantitative estimate of drug-likeness (QED) is 0.781. The number of hydrogen-bond acceptors (Lipinski definition) is 4. The second-order valence-electron chi connectivity index (χ2n) is 6.68. The topological polar surface area (TPSA) is 42.0 Å². The van der Waals surface area contributed by atoms with Crippen LogP contribution in [0, 0.1) is 0 Å². The molecule has 1 amide bonds. The fourth-order valence-corrected chi connectivity index (χ4v) is 3.89. The second-order valence-corrected chi connectivity index (χ2v) is 6.68. The molecule has 4 rings (SSSR count). The van der Waals surface area contributed by atoms with E-state index in [1.807, 2.05) is 36.9 Å². The third-order valence-electron chi connectivity index (χ3n) is 4.98. The molecule has 5 nitrogen and oxygen atoms in total. The molecular weight excluding hydrogens is 280 g/mol. The van der Waals surface area contributed by atoms with Gasteiger partial charge >= 0.3 is 0 Å². The van der Waals surface area contributed by atoms with E-state index in [9.17, 15) is 4.79 Å². The van der Waals surface area contributed by atoms with Crippen molar-refractivity contribution in [2.75, 3.05) is 19.8 Å². The summed E-state index contributed by atoms with van der Waals surface area (Å²) in [6.45, 7) is 6.22. The number of hydrogen-bond donors (Lipinski definition) is 0. The Morgan fingerprint density at radius 2 is 2.00 bits per heavy atom. The maximum Gasteiger partial charge on any atom is 0.246 e. The van der Waals surface area contributed by atoms with Crippen LogP contribution in [0.25, 0.3) is 0 Å². The predicted octanol–water partition coefficient (Wildman–Crippen LogP) is 1.75. The van der Waals surface area contributed by atoms with Crippen molar-refractivity contribution in [3.8, 4) is 0 Å². The van der Waals surface area contributed by atoms with Crippen molar-refractivity contribution < 1.29 is 14.3 Å². The molecule has 1 aromatic rings. The van der Waals surface area contributed by atoms with Gasteiger partial charge in [0.1, 0.15) is 11.8 Å². The fourth-order valence-electron chi connectivity index (χ4n) is 3.89. The monoisotopic (exact) mass is 302 g/mol. The average molecular weight is 302 g/mol. The number of nitrogens with zero attached hydrogens (tertiary/aromatic N) is 2. The summed E-state index contributed by atoms with van der Waals surface area (Å²) in [5.74, 6) is 0.171. The molecule has 0 spiro atoms. The standard InChI is InChI=1S/C17H22N2O3/c1-17(2)19(13(11-22-17)12-7-4-3-5-8-12)14-15(20)18-9-6-10-21-16(14)18/h3-5,7-8,13-14,16H,6,9-11H2,1-2H3/t13-,14-,16+/m0/s1. The van der Waals surface area contributed by atoms with Crippen LogP contribution in [0.4, 0.5) is 0 Å². The highest BCUT2D eigenvalue weighted by atomic mass is 16.5. The van der Waals surface area contributed by atoms with E-state index in [1.165, 1.54) is 5.56 Å². The van der Waals surface area contributed by atoms with Gasteiger partial charge in [-0.2, -0.15) is 0 Å². The highest BCUT2D eigenvalue weighted by Gasteiger charge is 2.59. The molecule has 22 heavy (non-hydrogen) atoms. The molecule has 5 heteroatoms. The molecule has 3 aliphatic rings. The number of carbonyl (C=O) groups is 1. The molecule has 0 radical (unpaired) electrons. The van der Waals surface area contributed by atoms with E-state index in [-0.39, 0.29) is 24.2 Å². The molecule has 0 N–H and O–H groups in total. The Kier molecular flexibility index (Phi) is 3.25. The van der Waals surface area contributed by atoms with Crippen molar-refractivity contribution in [2.24, 2.45) is 0 Å². The Hall–Kier alpha value is -1.43. The SMILES string of the molecule is CC1(C)OC[C@@H](c2ccccc2)N1[C@H]1C(=O)N2CCCO[C@H]12. The summed E-state index contributed by atoms with van der Waals surface area (Å²) in [4.78, 5) is 16.7. The van der Waals surface area contributed by atoms with Gasteiger partial charge < -0.3 is 14.4 Å². The van der Waals surface area contributed by atoms with Gasteiger partial charge in [-0.3, -0.25) is 9.69 Å². The number of β-lactam (4-membered cyclic amide) rings is 1. The molecule has 118 valence electrons. The summed E-state index contributed by atoms with van der Waals surface area (Å²) in [6, 6.07) is 10.1. The third-order valence-corrected chi connectivity index (χ3v) is 4.98. The minimum absolute atomic E-state index is 0.0952. The number of rotatable bonds is 2. The number of ether oxygens (including phenoxy) is 2. The first-order valence-electron chi connectivity index (χ1n) is 7.99. The maximum atomic E-state index is 12.6. The van der Waals surface area contributed by atoms with E-state index < -0.39 is 5.72 Å². The molecule has 0 saturated carbocycles. The van der Waals surface area contributed by atoms with Gasteiger partial charge in [0.2, 0.25) is 5.91 Å². The highest BCUT2D eigenvalue weighted by molar-refractivity contribution is 5.89. The molecule has 3 aliphatic heterocycles. The minimum Gasteiger partial charge on any atom is -0.359 e. The summed E-state index contributed by atoms with van der Waals surface area (Å²) >= 11 is 0. The molecule has 0 aliphatic carbocycles.